The third-order valence-corrected chi connectivity index (χ3v) is 3.24. The van der Waals surface area contributed by atoms with Crippen molar-refractivity contribution in [3.05, 3.63) is 36.0 Å². The zero-order valence-corrected chi connectivity index (χ0v) is 13.4. The average Bonchev–Trinajstić information content (AvgIpc) is 2.83. The van der Waals surface area contributed by atoms with Crippen molar-refractivity contribution in [2.24, 2.45) is 0 Å². The Morgan fingerprint density at radius 3 is 2.61 bits per heavy atom. The van der Waals surface area contributed by atoms with Gasteiger partial charge in [-0.25, -0.2) is 4.79 Å². The molecule has 0 saturated carbocycles. The van der Waals surface area contributed by atoms with Gasteiger partial charge in [-0.05, 0) is 32.4 Å². The van der Waals surface area contributed by atoms with E-state index in [1.807, 2.05) is 24.3 Å². The van der Waals surface area contributed by atoms with Crippen molar-refractivity contribution in [1.82, 2.24) is 9.88 Å². The van der Waals surface area contributed by atoms with Gasteiger partial charge in [-0.15, -0.1) is 0 Å². The van der Waals surface area contributed by atoms with Crippen molar-refractivity contribution in [3.8, 4) is 0 Å². The molecule has 0 aliphatic heterocycles. The highest BCUT2D eigenvalue weighted by Crippen LogP contribution is 2.21. The summed E-state index contributed by atoms with van der Waals surface area (Å²) in [6.45, 7) is 5.25. The summed E-state index contributed by atoms with van der Waals surface area (Å²) in [5, 5.41) is 3.41. The van der Waals surface area contributed by atoms with Gasteiger partial charge in [-0.3, -0.25) is 9.36 Å². The summed E-state index contributed by atoms with van der Waals surface area (Å²) in [6, 6.07) is 6.67. The first kappa shape index (κ1) is 16.7. The standard InChI is InChI=1S/C17H20N2O4/c1-17(2,3)23-16(22)18-13(10-20)8-12-9-19(11-21)15-7-5-4-6-14(12)15/h4-7,9-11,13H,8H2,1-3H3,(H,18,22). The van der Waals surface area contributed by atoms with Crippen LogP contribution in [0, 0.1) is 0 Å². The first-order chi connectivity index (χ1) is 10.8. The summed E-state index contributed by atoms with van der Waals surface area (Å²) in [6.07, 6.45) is 2.68. The second kappa shape index (κ2) is 6.64. The van der Waals surface area contributed by atoms with Crippen molar-refractivity contribution < 1.29 is 19.1 Å². The van der Waals surface area contributed by atoms with Gasteiger partial charge < -0.3 is 14.8 Å². The van der Waals surface area contributed by atoms with E-state index in [2.05, 4.69) is 5.32 Å². The van der Waals surface area contributed by atoms with E-state index < -0.39 is 17.7 Å². The van der Waals surface area contributed by atoms with E-state index in [4.69, 9.17) is 4.74 Å². The molecule has 0 fully saturated rings. The summed E-state index contributed by atoms with van der Waals surface area (Å²) in [7, 11) is 0. The fourth-order valence-electron chi connectivity index (χ4n) is 2.36. The molecular weight excluding hydrogens is 296 g/mol. The monoisotopic (exact) mass is 316 g/mol. The Labute approximate surface area is 134 Å². The molecule has 6 nitrogen and oxygen atoms in total. The number of fused-ring (bicyclic) bond motifs is 1. The fourth-order valence-corrected chi connectivity index (χ4v) is 2.36. The maximum Gasteiger partial charge on any atom is 0.408 e. The van der Waals surface area contributed by atoms with Gasteiger partial charge in [0.2, 0.25) is 6.41 Å². The summed E-state index contributed by atoms with van der Waals surface area (Å²) in [5.74, 6) is 0. The molecule has 6 heteroatoms. The lowest BCUT2D eigenvalue weighted by atomic mass is 10.1. The van der Waals surface area contributed by atoms with E-state index >= 15 is 0 Å². The fraction of sp³-hybridized carbons (Fsp3) is 0.353. The van der Waals surface area contributed by atoms with Gasteiger partial charge in [0, 0.05) is 18.0 Å². The number of hydrogen-bond donors (Lipinski definition) is 1. The molecule has 0 aliphatic rings. The molecule has 1 heterocycles. The highest BCUT2D eigenvalue weighted by atomic mass is 16.6. The first-order valence-electron chi connectivity index (χ1n) is 7.32. The molecule has 1 N–H and O–H groups in total. The van der Waals surface area contributed by atoms with E-state index in [1.165, 1.54) is 4.57 Å². The summed E-state index contributed by atoms with van der Waals surface area (Å²) in [4.78, 5) is 34.2. The number of alkyl carbamates (subject to hydrolysis) is 1. The van der Waals surface area contributed by atoms with Crippen molar-refractivity contribution >= 4 is 29.7 Å². The third-order valence-electron chi connectivity index (χ3n) is 3.24. The van der Waals surface area contributed by atoms with Crippen molar-refractivity contribution in [1.29, 1.82) is 0 Å². The Hall–Kier alpha value is -2.63. The minimum atomic E-state index is -0.726. The number of para-hydroxylation sites is 1. The molecule has 23 heavy (non-hydrogen) atoms. The van der Waals surface area contributed by atoms with Crippen LogP contribution in [0.15, 0.2) is 30.5 Å². The predicted molar refractivity (Wildman–Crippen MR) is 87.0 cm³/mol. The van der Waals surface area contributed by atoms with E-state index in [1.54, 1.807) is 27.0 Å². The lowest BCUT2D eigenvalue weighted by molar-refractivity contribution is -0.109. The number of amides is 1. The molecule has 0 bridgehead atoms. The first-order valence-corrected chi connectivity index (χ1v) is 7.32. The number of carbonyl (C=O) groups excluding carboxylic acids is 3. The Bertz CT molecular complexity index is 728. The second-order valence-electron chi connectivity index (χ2n) is 6.28. The lowest BCUT2D eigenvalue weighted by Gasteiger charge is -2.21. The van der Waals surface area contributed by atoms with E-state index in [0.717, 1.165) is 16.5 Å². The normalized spacial score (nSPS) is 12.7. The number of nitrogens with one attached hydrogen (secondary N) is 1. The number of ether oxygens (including phenoxy) is 1. The zero-order chi connectivity index (χ0) is 17.0. The smallest absolute Gasteiger partial charge is 0.408 e. The Morgan fingerprint density at radius 2 is 2.00 bits per heavy atom. The van der Waals surface area contributed by atoms with Crippen LogP contribution < -0.4 is 5.32 Å². The molecule has 122 valence electrons. The molecular formula is C17H20N2O4. The number of aldehydes is 1. The molecule has 0 saturated heterocycles. The number of hydrogen-bond acceptors (Lipinski definition) is 4. The average molecular weight is 316 g/mol. The maximum atomic E-state index is 11.8. The Morgan fingerprint density at radius 1 is 1.30 bits per heavy atom. The molecule has 1 unspecified atom stereocenters. The van der Waals surface area contributed by atoms with Gasteiger partial charge in [0.15, 0.2) is 0 Å². The molecule has 0 aliphatic carbocycles. The second-order valence-corrected chi connectivity index (χ2v) is 6.28. The molecule has 1 aromatic heterocycles. The van der Waals surface area contributed by atoms with Gasteiger partial charge in [0.25, 0.3) is 0 Å². The predicted octanol–water partition coefficient (Wildman–Crippen LogP) is 2.31. The highest BCUT2D eigenvalue weighted by Gasteiger charge is 2.20. The summed E-state index contributed by atoms with van der Waals surface area (Å²) < 4.78 is 6.61. The van der Waals surface area contributed by atoms with Crippen LogP contribution in [0.5, 0.6) is 0 Å². The van der Waals surface area contributed by atoms with Gasteiger partial charge in [-0.2, -0.15) is 0 Å². The summed E-state index contributed by atoms with van der Waals surface area (Å²) in [5.41, 5.74) is 0.936. The quantitative estimate of drug-likeness (QED) is 0.859. The molecule has 0 spiro atoms. The van der Waals surface area contributed by atoms with Crippen LogP contribution >= 0.6 is 0 Å². The maximum absolute atomic E-state index is 11.8. The number of aromatic nitrogens is 1. The SMILES string of the molecule is CC(C)(C)OC(=O)NC(C=O)Cc1cn(C=O)c2ccccc12. The Kier molecular flexibility index (Phi) is 4.83. The van der Waals surface area contributed by atoms with E-state index in [9.17, 15) is 14.4 Å². The van der Waals surface area contributed by atoms with Crippen LogP contribution in [-0.4, -0.2) is 35.0 Å². The van der Waals surface area contributed by atoms with Gasteiger partial charge in [0.05, 0.1) is 11.6 Å². The van der Waals surface area contributed by atoms with Crippen molar-refractivity contribution in [2.45, 2.75) is 38.8 Å². The van der Waals surface area contributed by atoms with Crippen LogP contribution in [-0.2, 0) is 20.7 Å². The van der Waals surface area contributed by atoms with Crippen molar-refractivity contribution in [3.63, 3.8) is 0 Å². The minimum Gasteiger partial charge on any atom is -0.444 e. The molecule has 0 radical (unpaired) electrons. The highest BCUT2D eigenvalue weighted by molar-refractivity contribution is 5.89. The van der Waals surface area contributed by atoms with Crippen molar-refractivity contribution in [2.75, 3.05) is 0 Å². The van der Waals surface area contributed by atoms with Gasteiger partial charge >= 0.3 is 6.09 Å². The molecule has 2 aromatic rings. The van der Waals surface area contributed by atoms with Crippen LogP contribution in [0.4, 0.5) is 4.79 Å². The van der Waals surface area contributed by atoms with Crippen LogP contribution in [0.3, 0.4) is 0 Å². The minimum absolute atomic E-state index is 0.282. The largest absolute Gasteiger partial charge is 0.444 e. The van der Waals surface area contributed by atoms with E-state index in [0.29, 0.717) is 12.7 Å². The molecule has 2 rings (SSSR count). The van der Waals surface area contributed by atoms with Gasteiger partial charge in [-0.1, -0.05) is 18.2 Å². The van der Waals surface area contributed by atoms with Crippen LogP contribution in [0.2, 0.25) is 0 Å². The van der Waals surface area contributed by atoms with E-state index in [-0.39, 0.29) is 6.42 Å². The Balaban J connectivity index is 2.18. The number of benzene rings is 1. The number of rotatable bonds is 5. The topological polar surface area (TPSA) is 77.4 Å². The van der Waals surface area contributed by atoms with Crippen LogP contribution in [0.1, 0.15) is 26.3 Å². The third kappa shape index (κ3) is 4.18. The lowest BCUT2D eigenvalue weighted by Crippen LogP contribution is -2.41. The van der Waals surface area contributed by atoms with Gasteiger partial charge in [0.1, 0.15) is 11.9 Å². The number of carbonyl (C=O) groups is 3. The number of nitrogens with zero attached hydrogens (tertiary/aromatic N) is 1. The molecule has 1 atom stereocenters. The molecule has 1 aromatic carbocycles. The van der Waals surface area contributed by atoms with Crippen LogP contribution in [0.25, 0.3) is 10.9 Å². The molecule has 1 amide bonds. The summed E-state index contributed by atoms with van der Waals surface area (Å²) >= 11 is 0. The zero-order valence-electron chi connectivity index (χ0n) is 13.4.